The molecule has 0 bridgehead atoms. The van der Waals surface area contributed by atoms with Gasteiger partial charge in [0.15, 0.2) is 0 Å². The van der Waals surface area contributed by atoms with Gasteiger partial charge in [-0.3, -0.25) is 0 Å². The van der Waals surface area contributed by atoms with E-state index in [-0.39, 0.29) is 6.10 Å². The van der Waals surface area contributed by atoms with E-state index in [1.165, 1.54) is 19.3 Å². The summed E-state index contributed by atoms with van der Waals surface area (Å²) in [6, 6.07) is 0.629. The second kappa shape index (κ2) is 5.28. The van der Waals surface area contributed by atoms with Crippen LogP contribution in [-0.4, -0.2) is 37.0 Å². The Morgan fingerprint density at radius 3 is 2.67 bits per heavy atom. The van der Waals surface area contributed by atoms with E-state index >= 15 is 0 Å². The van der Waals surface area contributed by atoms with Crippen molar-refractivity contribution in [2.75, 3.05) is 13.7 Å². The number of aliphatic hydroxyl groups is 1. The second-order valence-electron chi connectivity index (χ2n) is 5.05. The third-order valence-electron chi connectivity index (χ3n) is 3.97. The zero-order valence-corrected chi connectivity index (χ0v) is 9.61. The molecule has 0 aromatic rings. The molecule has 0 amide bonds. The van der Waals surface area contributed by atoms with Gasteiger partial charge < -0.3 is 15.2 Å². The molecule has 2 N–H and O–H groups in total. The standard InChI is InChI=1S/C12H23NO2/c1-15-11-6-10(7-11)13-8-9-4-2-3-5-12(9)14/h9-14H,2-8H2,1H3. The maximum Gasteiger partial charge on any atom is 0.0601 e. The highest BCUT2D eigenvalue weighted by Gasteiger charge is 2.30. The third kappa shape index (κ3) is 2.92. The molecule has 0 aromatic heterocycles. The third-order valence-corrected chi connectivity index (χ3v) is 3.97. The smallest absolute Gasteiger partial charge is 0.0601 e. The molecule has 3 nitrogen and oxygen atoms in total. The summed E-state index contributed by atoms with van der Waals surface area (Å²) in [7, 11) is 1.78. The first-order valence-corrected chi connectivity index (χ1v) is 6.24. The molecule has 2 saturated carbocycles. The van der Waals surface area contributed by atoms with Crippen LogP contribution in [0.3, 0.4) is 0 Å². The molecule has 2 aliphatic carbocycles. The molecule has 88 valence electrons. The van der Waals surface area contributed by atoms with Gasteiger partial charge in [-0.15, -0.1) is 0 Å². The number of aliphatic hydroxyl groups excluding tert-OH is 1. The topological polar surface area (TPSA) is 41.5 Å². The average molecular weight is 213 g/mol. The predicted octanol–water partition coefficient (Wildman–Crippen LogP) is 1.30. The van der Waals surface area contributed by atoms with Gasteiger partial charge in [-0.25, -0.2) is 0 Å². The molecule has 0 aliphatic heterocycles. The monoisotopic (exact) mass is 213 g/mol. The second-order valence-corrected chi connectivity index (χ2v) is 5.05. The lowest BCUT2D eigenvalue weighted by Gasteiger charge is -2.37. The Bertz CT molecular complexity index is 192. The van der Waals surface area contributed by atoms with Crippen LogP contribution in [0.15, 0.2) is 0 Å². The maximum atomic E-state index is 9.81. The van der Waals surface area contributed by atoms with Crippen molar-refractivity contribution in [2.24, 2.45) is 5.92 Å². The van der Waals surface area contributed by atoms with E-state index in [2.05, 4.69) is 5.32 Å². The lowest BCUT2D eigenvalue weighted by atomic mass is 9.84. The Kier molecular flexibility index (Phi) is 4.00. The van der Waals surface area contributed by atoms with Crippen molar-refractivity contribution in [3.05, 3.63) is 0 Å². The molecule has 0 radical (unpaired) electrons. The Balaban J connectivity index is 1.61. The zero-order chi connectivity index (χ0) is 10.7. The Hall–Kier alpha value is -0.120. The van der Waals surface area contributed by atoms with Gasteiger partial charge in [0.2, 0.25) is 0 Å². The molecular weight excluding hydrogens is 190 g/mol. The molecule has 2 rings (SSSR count). The van der Waals surface area contributed by atoms with E-state index in [1.807, 2.05) is 0 Å². The SMILES string of the molecule is COC1CC(NCC2CCCCC2O)C1. The molecule has 0 saturated heterocycles. The number of hydrogen-bond donors (Lipinski definition) is 2. The lowest BCUT2D eigenvalue weighted by molar-refractivity contribution is 0.0108. The highest BCUT2D eigenvalue weighted by atomic mass is 16.5. The van der Waals surface area contributed by atoms with Crippen molar-refractivity contribution in [3.63, 3.8) is 0 Å². The maximum absolute atomic E-state index is 9.81. The van der Waals surface area contributed by atoms with Gasteiger partial charge >= 0.3 is 0 Å². The normalized spacial score (nSPS) is 41.2. The molecule has 15 heavy (non-hydrogen) atoms. The van der Waals surface area contributed by atoms with E-state index in [4.69, 9.17) is 4.74 Å². The van der Waals surface area contributed by atoms with Crippen molar-refractivity contribution in [1.82, 2.24) is 5.32 Å². The molecule has 0 aromatic carbocycles. The number of hydrogen-bond acceptors (Lipinski definition) is 3. The molecule has 0 heterocycles. The van der Waals surface area contributed by atoms with Crippen LogP contribution >= 0.6 is 0 Å². The molecule has 2 fully saturated rings. The van der Waals surface area contributed by atoms with Crippen LogP contribution in [0.4, 0.5) is 0 Å². The first-order valence-electron chi connectivity index (χ1n) is 6.24. The van der Waals surface area contributed by atoms with Gasteiger partial charge in [0, 0.05) is 19.7 Å². The number of rotatable bonds is 4. The summed E-state index contributed by atoms with van der Waals surface area (Å²) in [5.74, 6) is 0.486. The molecular formula is C12H23NO2. The fraction of sp³-hybridized carbons (Fsp3) is 1.00. The van der Waals surface area contributed by atoms with E-state index < -0.39 is 0 Å². The first-order chi connectivity index (χ1) is 7.29. The van der Waals surface area contributed by atoms with Gasteiger partial charge in [-0.2, -0.15) is 0 Å². The van der Waals surface area contributed by atoms with Gasteiger partial charge in [-0.05, 0) is 31.6 Å². The fourth-order valence-corrected chi connectivity index (χ4v) is 2.67. The van der Waals surface area contributed by atoms with Gasteiger partial charge in [0.25, 0.3) is 0 Å². The highest BCUT2D eigenvalue weighted by molar-refractivity contribution is 4.87. The molecule has 2 aliphatic rings. The minimum Gasteiger partial charge on any atom is -0.393 e. The summed E-state index contributed by atoms with van der Waals surface area (Å²) >= 11 is 0. The summed E-state index contributed by atoms with van der Waals surface area (Å²) in [6.45, 7) is 0.988. The van der Waals surface area contributed by atoms with E-state index in [9.17, 15) is 5.11 Å². The largest absolute Gasteiger partial charge is 0.393 e. The minimum absolute atomic E-state index is 0.0652. The van der Waals surface area contributed by atoms with Crippen LogP contribution in [-0.2, 0) is 4.74 Å². The van der Waals surface area contributed by atoms with Crippen LogP contribution < -0.4 is 5.32 Å². The Morgan fingerprint density at radius 2 is 2.00 bits per heavy atom. The molecule has 3 heteroatoms. The summed E-state index contributed by atoms with van der Waals surface area (Å²) in [4.78, 5) is 0. The summed E-state index contributed by atoms with van der Waals surface area (Å²) in [5.41, 5.74) is 0. The molecule has 2 atom stereocenters. The van der Waals surface area contributed by atoms with Crippen molar-refractivity contribution < 1.29 is 9.84 Å². The fourth-order valence-electron chi connectivity index (χ4n) is 2.67. The Labute approximate surface area is 92.2 Å². The van der Waals surface area contributed by atoms with Gasteiger partial charge in [-0.1, -0.05) is 12.8 Å². The summed E-state index contributed by atoms with van der Waals surface area (Å²) < 4.78 is 5.24. The number of methoxy groups -OCH3 is 1. The first kappa shape index (κ1) is 11.4. The average Bonchev–Trinajstić information content (AvgIpc) is 2.18. The number of nitrogens with one attached hydrogen (secondary N) is 1. The van der Waals surface area contributed by atoms with Crippen LogP contribution in [0.2, 0.25) is 0 Å². The van der Waals surface area contributed by atoms with Crippen molar-refractivity contribution in [1.29, 1.82) is 0 Å². The molecule has 2 unspecified atom stereocenters. The van der Waals surface area contributed by atoms with E-state index in [0.29, 0.717) is 18.1 Å². The van der Waals surface area contributed by atoms with Crippen LogP contribution in [0.1, 0.15) is 38.5 Å². The summed E-state index contributed by atoms with van der Waals surface area (Å²) in [6.07, 6.45) is 7.36. The minimum atomic E-state index is -0.0652. The van der Waals surface area contributed by atoms with Crippen molar-refractivity contribution in [3.8, 4) is 0 Å². The van der Waals surface area contributed by atoms with Gasteiger partial charge in [0.1, 0.15) is 0 Å². The van der Waals surface area contributed by atoms with E-state index in [1.54, 1.807) is 7.11 Å². The van der Waals surface area contributed by atoms with Crippen LogP contribution in [0, 0.1) is 5.92 Å². The van der Waals surface area contributed by atoms with Gasteiger partial charge in [0.05, 0.1) is 12.2 Å². The quantitative estimate of drug-likeness (QED) is 0.739. The van der Waals surface area contributed by atoms with Crippen molar-refractivity contribution in [2.45, 2.75) is 56.8 Å². The predicted molar refractivity (Wildman–Crippen MR) is 59.8 cm³/mol. The zero-order valence-electron chi connectivity index (χ0n) is 9.61. The van der Waals surface area contributed by atoms with Crippen molar-refractivity contribution >= 4 is 0 Å². The highest BCUT2D eigenvalue weighted by Crippen LogP contribution is 2.26. The van der Waals surface area contributed by atoms with Crippen LogP contribution in [0.25, 0.3) is 0 Å². The lowest BCUT2D eigenvalue weighted by Crippen LogP contribution is -2.48. The summed E-state index contributed by atoms with van der Waals surface area (Å²) in [5, 5.41) is 13.3. The molecule has 0 spiro atoms. The Morgan fingerprint density at radius 1 is 1.27 bits per heavy atom. The van der Waals surface area contributed by atoms with Crippen LogP contribution in [0.5, 0.6) is 0 Å². The van der Waals surface area contributed by atoms with E-state index in [0.717, 1.165) is 25.8 Å². The number of ether oxygens (including phenoxy) is 1.